The highest BCUT2D eigenvalue weighted by molar-refractivity contribution is 7.91. The van der Waals surface area contributed by atoms with Crippen LogP contribution in [0.5, 0.6) is 5.75 Å². The molecular weight excluding hydrogens is 806 g/mol. The van der Waals surface area contributed by atoms with Gasteiger partial charge in [0.15, 0.2) is 11.4 Å². The Morgan fingerprint density at radius 3 is 2.53 bits per heavy atom. The van der Waals surface area contributed by atoms with E-state index in [4.69, 9.17) is 4.74 Å². The second-order valence-corrected chi connectivity index (χ2v) is 20.2. The molecule has 1 aromatic heterocycles. The van der Waals surface area contributed by atoms with Crippen molar-refractivity contribution in [3.05, 3.63) is 47.2 Å². The zero-order chi connectivity index (χ0) is 42.8. The molecule has 2 saturated carbocycles. The molecule has 60 heavy (non-hydrogen) atoms. The van der Waals surface area contributed by atoms with Crippen molar-refractivity contribution in [1.29, 1.82) is 0 Å². The van der Waals surface area contributed by atoms with E-state index in [0.717, 1.165) is 36.4 Å². The molecule has 5 atom stereocenters. The van der Waals surface area contributed by atoms with Crippen LogP contribution < -0.4 is 14.8 Å². The smallest absolute Gasteiger partial charge is 0.437 e. The minimum absolute atomic E-state index is 0.0274. The number of ether oxygens (including phenoxy) is 1. The molecule has 2 aliphatic carbocycles. The van der Waals surface area contributed by atoms with Crippen LogP contribution in [0.3, 0.4) is 0 Å². The molecule has 326 valence electrons. The summed E-state index contributed by atoms with van der Waals surface area (Å²) in [6, 6.07) is 2.33. The van der Waals surface area contributed by atoms with Crippen LogP contribution in [0.1, 0.15) is 101 Å². The molecule has 6 aliphatic rings. The van der Waals surface area contributed by atoms with E-state index in [1.165, 1.54) is 17.9 Å². The zero-order valence-corrected chi connectivity index (χ0v) is 34.8. The second-order valence-electron chi connectivity index (χ2n) is 18.0. The summed E-state index contributed by atoms with van der Waals surface area (Å²) in [6.07, 6.45) is 2.76. The molecule has 4 amide bonds. The largest absolute Gasteiger partial charge is 0.483 e. The first-order chi connectivity index (χ1) is 28.4. The number of carbonyl (C=O) groups is 4. The van der Waals surface area contributed by atoms with Gasteiger partial charge in [0, 0.05) is 36.4 Å². The van der Waals surface area contributed by atoms with Crippen LogP contribution in [-0.2, 0) is 37.0 Å². The highest BCUT2D eigenvalue weighted by atomic mass is 32.2. The fourth-order valence-electron chi connectivity index (χ4n) is 9.61. The van der Waals surface area contributed by atoms with Crippen molar-refractivity contribution in [1.82, 2.24) is 29.7 Å². The number of benzene rings is 1. The zero-order valence-electron chi connectivity index (χ0n) is 34.0. The predicted molar refractivity (Wildman–Crippen MR) is 213 cm³/mol. The van der Waals surface area contributed by atoms with Gasteiger partial charge in [-0.1, -0.05) is 36.6 Å². The van der Waals surface area contributed by atoms with Crippen molar-refractivity contribution in [2.75, 3.05) is 32.7 Å². The molecule has 3 N–H and O–H groups in total. The van der Waals surface area contributed by atoms with Gasteiger partial charge in [-0.05, 0) is 103 Å². The summed E-state index contributed by atoms with van der Waals surface area (Å²) in [5.74, 6) is -3.44. The maximum Gasteiger partial charge on any atom is 0.437 e. The summed E-state index contributed by atoms with van der Waals surface area (Å²) >= 11 is 0. The summed E-state index contributed by atoms with van der Waals surface area (Å²) in [5, 5.41) is 13.9. The van der Waals surface area contributed by atoms with E-state index in [0.29, 0.717) is 56.0 Å². The van der Waals surface area contributed by atoms with Gasteiger partial charge in [-0.25, -0.2) is 18.2 Å². The average molecular weight is 859 g/mol. The number of amides is 4. The van der Waals surface area contributed by atoms with Crippen molar-refractivity contribution in [3.63, 3.8) is 0 Å². The van der Waals surface area contributed by atoms with Gasteiger partial charge >= 0.3 is 12.3 Å². The molecule has 0 radical (unpaired) electrons. The number of pyridine rings is 1. The lowest BCUT2D eigenvalue weighted by Crippen LogP contribution is -2.59. The van der Waals surface area contributed by atoms with E-state index < -0.39 is 85.3 Å². The molecule has 4 aliphatic heterocycles. The van der Waals surface area contributed by atoms with E-state index in [9.17, 15) is 41.1 Å². The molecule has 2 saturated heterocycles. The van der Waals surface area contributed by atoms with Crippen LogP contribution in [0.2, 0.25) is 0 Å². The van der Waals surface area contributed by atoms with E-state index in [1.54, 1.807) is 18.2 Å². The fraction of sp³-hybridized carbons (Fsp3) is 0.643. The summed E-state index contributed by atoms with van der Waals surface area (Å²) in [6.45, 7) is 5.05. The van der Waals surface area contributed by atoms with Crippen LogP contribution in [0, 0.1) is 12.8 Å². The number of nitrogens with zero attached hydrogens (tertiary/aromatic N) is 4. The molecule has 0 bridgehead atoms. The Labute approximate surface area is 347 Å². The third kappa shape index (κ3) is 7.93. The van der Waals surface area contributed by atoms with E-state index >= 15 is 4.79 Å². The summed E-state index contributed by atoms with van der Waals surface area (Å²) in [4.78, 5) is 65.3. The number of alkyl halides is 3. The minimum Gasteiger partial charge on any atom is -0.483 e. The topological polar surface area (TPSA) is 179 Å². The molecule has 2 aromatic rings. The lowest BCUT2D eigenvalue weighted by Gasteiger charge is -2.38. The van der Waals surface area contributed by atoms with E-state index in [-0.39, 0.29) is 50.7 Å². The lowest BCUT2D eigenvalue weighted by molar-refractivity contribution is -0.145. The molecular formula is C42H53F3N6O8S. The van der Waals surface area contributed by atoms with Crippen molar-refractivity contribution < 1.29 is 50.6 Å². The van der Waals surface area contributed by atoms with Crippen LogP contribution in [0.15, 0.2) is 30.4 Å². The summed E-state index contributed by atoms with van der Waals surface area (Å²) in [7, 11) is -4.10. The summed E-state index contributed by atoms with van der Waals surface area (Å²) in [5.41, 5.74) is -3.15. The molecule has 5 heterocycles. The van der Waals surface area contributed by atoms with Gasteiger partial charge in [0.05, 0.1) is 16.8 Å². The number of nitrogens with one attached hydrogen (secondary N) is 2. The van der Waals surface area contributed by atoms with E-state index in [2.05, 4.69) is 19.9 Å². The van der Waals surface area contributed by atoms with Gasteiger partial charge in [0.1, 0.15) is 23.2 Å². The SMILES string of the molecule is Cc1ccc2nc(C(F)(F)F)c3c(c2c1)CC[C@]1(C[C@H]2C(=O)N[C@]4(C(=O)NS(=O)(=O)C5(C)CC5)C[C@H]4/C=C\CCCCC[C@H](N(CCN4CCCC4)C(=O)O)C(=O)N2C1)O3. The first-order valence-corrected chi connectivity index (χ1v) is 22.6. The predicted octanol–water partition coefficient (Wildman–Crippen LogP) is 5.06. The number of rotatable bonds is 7. The molecule has 18 heteroatoms. The highest BCUT2D eigenvalue weighted by Crippen LogP contribution is 2.50. The molecule has 8 rings (SSSR count). The van der Waals surface area contributed by atoms with Gasteiger partial charge in [0.2, 0.25) is 21.8 Å². The number of sulfonamides is 1. The summed E-state index contributed by atoms with van der Waals surface area (Å²) < 4.78 is 78.4. The number of aromatic nitrogens is 1. The first kappa shape index (κ1) is 42.2. The van der Waals surface area contributed by atoms with Gasteiger partial charge in [0.25, 0.3) is 5.91 Å². The number of halogens is 3. The van der Waals surface area contributed by atoms with Gasteiger partial charge in [-0.15, -0.1) is 0 Å². The maximum atomic E-state index is 15.1. The third-order valence-corrected chi connectivity index (χ3v) is 15.8. The molecule has 0 unspecified atom stereocenters. The standard InChI is InChI=1S/C42H53F3N6O8S/c1-26-12-13-30-29(22-26)28-14-15-40(59-33(28)34(46-30)42(43,44)45)24-32-35(52)47-41(37(54)48-60(57,58)39(2)16-17-39)23-27(41)10-6-4-3-5-7-11-31(36(53)51(32)25-40)50(38(55)56)21-20-49-18-8-9-19-49/h6,10,12-13,22,27,31-32H,3-5,7-9,11,14-21,23-25H2,1-2H3,(H,47,52)(H,48,54)(H,55,56)/b10-6-/t27-,31+,32+,40-,41-/m1/s1. The van der Waals surface area contributed by atoms with Crippen LogP contribution in [0.4, 0.5) is 18.0 Å². The third-order valence-electron chi connectivity index (χ3n) is 13.7. The number of likely N-dealkylation sites (tertiary alicyclic amines) is 1. The normalized spacial score (nSPS) is 29.9. The van der Waals surface area contributed by atoms with E-state index in [1.807, 2.05) is 13.0 Å². The number of fused-ring (bicyclic) bond motifs is 5. The lowest BCUT2D eigenvalue weighted by atomic mass is 9.86. The number of carboxylic acid groups (broad SMARTS) is 1. The van der Waals surface area contributed by atoms with Gasteiger partial charge in [-0.3, -0.25) is 24.0 Å². The van der Waals surface area contributed by atoms with Crippen LogP contribution in [0.25, 0.3) is 10.9 Å². The van der Waals surface area contributed by atoms with Gasteiger partial charge in [-0.2, -0.15) is 13.2 Å². The highest BCUT2D eigenvalue weighted by Gasteiger charge is 2.64. The van der Waals surface area contributed by atoms with Crippen LogP contribution >= 0.6 is 0 Å². The second kappa shape index (κ2) is 15.5. The number of hydrogen-bond acceptors (Lipinski definition) is 9. The Morgan fingerprint density at radius 2 is 1.83 bits per heavy atom. The number of allylic oxidation sites excluding steroid dienone is 1. The fourth-order valence-corrected chi connectivity index (χ4v) is 10.9. The molecule has 4 fully saturated rings. The monoisotopic (exact) mass is 858 g/mol. The molecule has 1 spiro atoms. The van der Waals surface area contributed by atoms with Crippen LogP contribution in [-0.4, -0.2) is 118 Å². The number of carbonyl (C=O) groups excluding carboxylic acids is 3. The maximum absolute atomic E-state index is 15.1. The molecule has 14 nitrogen and oxygen atoms in total. The number of hydrogen-bond donors (Lipinski definition) is 3. The Bertz CT molecular complexity index is 2230. The van der Waals surface area contributed by atoms with Crippen molar-refractivity contribution in [2.45, 2.75) is 131 Å². The van der Waals surface area contributed by atoms with Gasteiger partial charge < -0.3 is 25.0 Å². The Balaban J connectivity index is 1.18. The Morgan fingerprint density at radius 1 is 1.08 bits per heavy atom. The number of aryl methyl sites for hydroxylation is 2. The van der Waals surface area contributed by atoms with Crippen molar-refractivity contribution in [3.8, 4) is 5.75 Å². The quantitative estimate of drug-likeness (QED) is 0.319. The minimum atomic E-state index is -4.91. The average Bonchev–Trinajstić information content (AvgIpc) is 3.97. The van der Waals surface area contributed by atoms with Crippen molar-refractivity contribution >= 4 is 44.7 Å². The Kier molecular flexibility index (Phi) is 10.9. The van der Waals surface area contributed by atoms with Crippen molar-refractivity contribution in [2.24, 2.45) is 5.92 Å². The Hall–Kier alpha value is -4.45. The first-order valence-electron chi connectivity index (χ1n) is 21.1. The molecule has 1 aromatic carbocycles.